The van der Waals surface area contributed by atoms with E-state index in [-0.39, 0.29) is 9.79 Å². The van der Waals surface area contributed by atoms with Crippen molar-refractivity contribution in [3.05, 3.63) is 84.2 Å². The standard InChI is InChI=1S/C26H20N2O6S2/c1-15-12-23(20-8-3-4-9-24(20)36(32,33)34)21-11-10-18-14-22(16(2)28-25(18)26(21)27-15)17-6-5-7-19(13-17)35(29,30)31/h3-14H,1-2H3,(H,29,30,31)(H,32,33,34). The Morgan fingerprint density at radius 1 is 0.667 bits per heavy atom. The largest absolute Gasteiger partial charge is 0.295 e. The minimum atomic E-state index is -4.46. The third-order valence-corrected chi connectivity index (χ3v) is 7.74. The van der Waals surface area contributed by atoms with E-state index in [1.165, 1.54) is 18.2 Å². The molecular formula is C26H20N2O6S2. The quantitative estimate of drug-likeness (QED) is 0.243. The maximum atomic E-state index is 12.0. The van der Waals surface area contributed by atoms with Gasteiger partial charge in [-0.3, -0.25) is 19.1 Å². The van der Waals surface area contributed by atoms with E-state index in [1.807, 2.05) is 18.2 Å². The van der Waals surface area contributed by atoms with Crippen molar-refractivity contribution < 1.29 is 25.9 Å². The summed E-state index contributed by atoms with van der Waals surface area (Å²) in [5.74, 6) is 0. The Labute approximate surface area is 207 Å². The van der Waals surface area contributed by atoms with Crippen molar-refractivity contribution in [1.82, 2.24) is 9.97 Å². The smallest absolute Gasteiger partial charge is 0.282 e. The summed E-state index contributed by atoms with van der Waals surface area (Å²) in [6.07, 6.45) is 0. The van der Waals surface area contributed by atoms with E-state index >= 15 is 0 Å². The van der Waals surface area contributed by atoms with Crippen LogP contribution in [-0.4, -0.2) is 35.9 Å². The number of benzene rings is 3. The van der Waals surface area contributed by atoms with Gasteiger partial charge in [0.1, 0.15) is 4.90 Å². The van der Waals surface area contributed by atoms with Crippen LogP contribution >= 0.6 is 0 Å². The summed E-state index contributed by atoms with van der Waals surface area (Å²) in [5.41, 5.74) is 4.63. The van der Waals surface area contributed by atoms with E-state index in [0.717, 1.165) is 5.39 Å². The molecule has 0 atom stereocenters. The summed E-state index contributed by atoms with van der Waals surface area (Å²) in [7, 11) is -8.82. The molecule has 0 aliphatic rings. The molecule has 10 heteroatoms. The molecule has 0 saturated heterocycles. The molecule has 0 bridgehead atoms. The lowest BCUT2D eigenvalue weighted by Crippen LogP contribution is -2.01. The molecule has 5 aromatic rings. The van der Waals surface area contributed by atoms with Gasteiger partial charge in [-0.25, -0.2) is 0 Å². The van der Waals surface area contributed by atoms with E-state index in [1.54, 1.807) is 50.2 Å². The first-order valence-electron chi connectivity index (χ1n) is 10.8. The van der Waals surface area contributed by atoms with Crippen LogP contribution in [0.1, 0.15) is 11.4 Å². The average molecular weight is 521 g/mol. The molecule has 182 valence electrons. The highest BCUT2D eigenvalue weighted by atomic mass is 32.2. The van der Waals surface area contributed by atoms with Gasteiger partial charge in [-0.1, -0.05) is 42.5 Å². The number of nitrogens with zero attached hydrogens (tertiary/aromatic N) is 2. The van der Waals surface area contributed by atoms with Gasteiger partial charge in [0.05, 0.1) is 15.9 Å². The lowest BCUT2D eigenvalue weighted by Gasteiger charge is -2.14. The van der Waals surface area contributed by atoms with Gasteiger partial charge in [-0.2, -0.15) is 16.8 Å². The summed E-state index contributed by atoms with van der Waals surface area (Å²) in [4.78, 5) is 9.05. The predicted molar refractivity (Wildman–Crippen MR) is 137 cm³/mol. The van der Waals surface area contributed by atoms with Gasteiger partial charge in [0.25, 0.3) is 20.2 Å². The van der Waals surface area contributed by atoms with Crippen molar-refractivity contribution in [2.75, 3.05) is 0 Å². The van der Waals surface area contributed by atoms with Gasteiger partial charge in [0, 0.05) is 33.3 Å². The third-order valence-electron chi connectivity index (χ3n) is 5.98. The molecule has 0 saturated carbocycles. The van der Waals surface area contributed by atoms with Gasteiger partial charge in [-0.15, -0.1) is 0 Å². The first-order chi connectivity index (χ1) is 16.9. The van der Waals surface area contributed by atoms with E-state index in [9.17, 15) is 25.9 Å². The van der Waals surface area contributed by atoms with Crippen molar-refractivity contribution in [2.45, 2.75) is 23.6 Å². The number of fused-ring (bicyclic) bond motifs is 3. The van der Waals surface area contributed by atoms with Gasteiger partial charge in [-0.05, 0) is 55.3 Å². The minimum absolute atomic E-state index is 0.199. The number of hydrogen-bond acceptors (Lipinski definition) is 6. The van der Waals surface area contributed by atoms with Crippen molar-refractivity contribution in [2.24, 2.45) is 0 Å². The fraction of sp³-hybridized carbons (Fsp3) is 0.0769. The molecule has 2 N–H and O–H groups in total. The van der Waals surface area contributed by atoms with Crippen LogP contribution in [0.4, 0.5) is 0 Å². The molecule has 0 aliphatic carbocycles. The van der Waals surface area contributed by atoms with Crippen LogP contribution < -0.4 is 0 Å². The highest BCUT2D eigenvalue weighted by Crippen LogP contribution is 2.37. The zero-order chi connectivity index (χ0) is 25.8. The topological polar surface area (TPSA) is 135 Å². The van der Waals surface area contributed by atoms with Crippen LogP contribution in [0.5, 0.6) is 0 Å². The number of pyridine rings is 2. The molecular weight excluding hydrogens is 500 g/mol. The molecule has 0 fully saturated rings. The molecule has 0 radical (unpaired) electrons. The zero-order valence-corrected chi connectivity index (χ0v) is 20.8. The van der Waals surface area contributed by atoms with Crippen molar-refractivity contribution in [1.29, 1.82) is 0 Å². The molecule has 36 heavy (non-hydrogen) atoms. The second-order valence-corrected chi connectivity index (χ2v) is 11.3. The summed E-state index contributed by atoms with van der Waals surface area (Å²) in [6.45, 7) is 3.58. The normalized spacial score (nSPS) is 12.3. The molecule has 0 aliphatic heterocycles. The lowest BCUT2D eigenvalue weighted by atomic mass is 9.97. The van der Waals surface area contributed by atoms with Gasteiger partial charge < -0.3 is 0 Å². The van der Waals surface area contributed by atoms with E-state index in [2.05, 4.69) is 4.98 Å². The minimum Gasteiger partial charge on any atom is -0.282 e. The van der Waals surface area contributed by atoms with Crippen molar-refractivity contribution >= 4 is 42.0 Å². The Kier molecular flexibility index (Phi) is 5.64. The fourth-order valence-electron chi connectivity index (χ4n) is 4.40. The molecule has 0 amide bonds. The predicted octanol–water partition coefficient (Wildman–Crippen LogP) is 5.23. The Balaban J connectivity index is 1.78. The summed E-state index contributed by atoms with van der Waals surface area (Å²) in [5, 5.41) is 1.41. The number of aryl methyl sites for hydroxylation is 2. The second kappa shape index (κ2) is 8.45. The molecule has 0 spiro atoms. The summed E-state index contributed by atoms with van der Waals surface area (Å²) >= 11 is 0. The average Bonchev–Trinajstić information content (AvgIpc) is 2.82. The van der Waals surface area contributed by atoms with Crippen LogP contribution in [0.25, 0.3) is 44.1 Å². The van der Waals surface area contributed by atoms with Crippen LogP contribution in [0, 0.1) is 13.8 Å². The first-order valence-corrected chi connectivity index (χ1v) is 13.7. The first kappa shape index (κ1) is 24.0. The van der Waals surface area contributed by atoms with Crippen LogP contribution in [-0.2, 0) is 20.2 Å². The monoisotopic (exact) mass is 520 g/mol. The molecule has 2 aromatic heterocycles. The number of aromatic nitrogens is 2. The molecule has 5 rings (SSSR count). The highest BCUT2D eigenvalue weighted by Gasteiger charge is 2.20. The van der Waals surface area contributed by atoms with Crippen LogP contribution in [0.2, 0.25) is 0 Å². The number of hydrogen-bond donors (Lipinski definition) is 2. The van der Waals surface area contributed by atoms with Crippen LogP contribution in [0.15, 0.2) is 82.6 Å². The van der Waals surface area contributed by atoms with Crippen molar-refractivity contribution in [3.63, 3.8) is 0 Å². The van der Waals surface area contributed by atoms with E-state index < -0.39 is 20.2 Å². The fourth-order valence-corrected chi connectivity index (χ4v) is 5.63. The Hall–Kier alpha value is -3.70. The molecule has 3 aromatic carbocycles. The maximum absolute atomic E-state index is 12.0. The van der Waals surface area contributed by atoms with Gasteiger partial charge >= 0.3 is 0 Å². The molecule has 0 unspecified atom stereocenters. The molecule has 2 heterocycles. The Bertz CT molecular complexity index is 1920. The summed E-state index contributed by atoms with van der Waals surface area (Å²) in [6, 6.07) is 19.5. The van der Waals surface area contributed by atoms with Gasteiger partial charge in [0.15, 0.2) is 0 Å². The Morgan fingerprint density at radius 3 is 2.14 bits per heavy atom. The van der Waals surface area contributed by atoms with E-state index in [0.29, 0.717) is 50.1 Å². The summed E-state index contributed by atoms with van der Waals surface area (Å²) < 4.78 is 66.5. The number of rotatable bonds is 4. The maximum Gasteiger partial charge on any atom is 0.295 e. The molecule has 8 nitrogen and oxygen atoms in total. The second-order valence-electron chi connectivity index (χ2n) is 8.44. The van der Waals surface area contributed by atoms with E-state index in [4.69, 9.17) is 4.98 Å². The highest BCUT2D eigenvalue weighted by molar-refractivity contribution is 7.86. The van der Waals surface area contributed by atoms with Gasteiger partial charge in [0.2, 0.25) is 0 Å². The lowest BCUT2D eigenvalue weighted by molar-refractivity contribution is 0.481. The Morgan fingerprint density at radius 2 is 1.42 bits per heavy atom. The SMILES string of the molecule is Cc1cc(-c2ccccc2S(=O)(=O)O)c2ccc3cc(-c4cccc(S(=O)(=O)O)c4)c(C)nc3c2n1. The van der Waals surface area contributed by atoms with Crippen LogP contribution in [0.3, 0.4) is 0 Å². The van der Waals surface area contributed by atoms with Crippen molar-refractivity contribution in [3.8, 4) is 22.3 Å². The zero-order valence-electron chi connectivity index (χ0n) is 19.2. The third kappa shape index (κ3) is 4.24.